The lowest BCUT2D eigenvalue weighted by atomic mass is 9.80. The molecule has 1 saturated heterocycles. The van der Waals surface area contributed by atoms with Crippen LogP contribution in [0.3, 0.4) is 0 Å². The van der Waals surface area contributed by atoms with Gasteiger partial charge in [0.15, 0.2) is 17.0 Å². The number of hydrogen-bond donors (Lipinski definition) is 1. The minimum Gasteiger partial charge on any atom is -0.497 e. The van der Waals surface area contributed by atoms with E-state index in [4.69, 9.17) is 33.7 Å². The second kappa shape index (κ2) is 18.2. The molecule has 1 N–H and O–H groups in total. The number of aliphatic hydroxyl groups is 1. The minimum absolute atomic E-state index is 0.00146. The highest BCUT2D eigenvalue weighted by Crippen LogP contribution is 2.43. The standard InChI is InChI=1S/C48H47N7O7/c1-32(53(2)3)50-44-43-45(52-46(51-44)62-47(57)55(36-17-11-7-12-18-36)37-19-13-8-14-20-37)54(31-49-43)42-29-40(56)41(61-42)30-60-48(33-15-9-6-10-16-33,34-21-25-38(58-4)26-22-34)35-23-27-39(59-5)28-24-35/h6-28,31,40-42,56H,29-30H2,1-5H3/b50-32+/t40-,41+,42+/m0/s1. The summed E-state index contributed by atoms with van der Waals surface area (Å²) in [6.45, 7) is 1.83. The maximum Gasteiger partial charge on any atom is 0.426 e. The molecule has 0 aliphatic carbocycles. The van der Waals surface area contributed by atoms with Crippen LogP contribution in [0.2, 0.25) is 0 Å². The summed E-state index contributed by atoms with van der Waals surface area (Å²) in [6, 6.07) is 43.5. The van der Waals surface area contributed by atoms with Gasteiger partial charge in [-0.2, -0.15) is 9.97 Å². The largest absolute Gasteiger partial charge is 0.497 e. The predicted octanol–water partition coefficient (Wildman–Crippen LogP) is 8.45. The molecule has 1 amide bonds. The monoisotopic (exact) mass is 833 g/mol. The quantitative estimate of drug-likeness (QED) is 0.0679. The molecule has 0 saturated carbocycles. The molecule has 0 bridgehead atoms. The molecule has 0 spiro atoms. The molecule has 62 heavy (non-hydrogen) atoms. The maximum absolute atomic E-state index is 14.1. The smallest absolute Gasteiger partial charge is 0.426 e. The van der Waals surface area contributed by atoms with Gasteiger partial charge in [-0.05, 0) is 72.1 Å². The fourth-order valence-corrected chi connectivity index (χ4v) is 7.42. The fourth-order valence-electron chi connectivity index (χ4n) is 7.42. The molecule has 3 heterocycles. The lowest BCUT2D eigenvalue weighted by molar-refractivity contribution is -0.0931. The average molecular weight is 834 g/mol. The average Bonchev–Trinajstić information content (AvgIpc) is 3.91. The highest BCUT2D eigenvalue weighted by Gasteiger charge is 2.42. The van der Waals surface area contributed by atoms with Crippen LogP contribution in [-0.2, 0) is 15.1 Å². The zero-order valence-corrected chi connectivity index (χ0v) is 35.0. The van der Waals surface area contributed by atoms with E-state index in [0.29, 0.717) is 39.9 Å². The van der Waals surface area contributed by atoms with Gasteiger partial charge in [0, 0.05) is 20.5 Å². The van der Waals surface area contributed by atoms with Crippen LogP contribution in [0.4, 0.5) is 22.0 Å². The van der Waals surface area contributed by atoms with Crippen molar-refractivity contribution >= 4 is 40.3 Å². The molecule has 2 aromatic heterocycles. The van der Waals surface area contributed by atoms with Crippen LogP contribution in [0.5, 0.6) is 17.5 Å². The summed E-state index contributed by atoms with van der Waals surface area (Å²) in [6.07, 6.45) is -1.41. The molecule has 3 atom stereocenters. The molecule has 14 nitrogen and oxygen atoms in total. The number of aliphatic imine (C=N–C) groups is 1. The molecule has 8 rings (SSSR count). The normalized spacial score (nSPS) is 16.5. The number of carbonyl (C=O) groups is 1. The van der Waals surface area contributed by atoms with Crippen LogP contribution in [0.1, 0.15) is 36.3 Å². The SMILES string of the molecule is COc1ccc(C(OC[C@H]2O[C@@H](n3cnc4c(/N=C(\C)N(C)C)nc(OC(=O)N(c5ccccc5)c5ccccc5)nc43)C[C@@H]2O)(c2ccccc2)c2ccc(OC)cc2)cc1. The van der Waals surface area contributed by atoms with Crippen LogP contribution in [-0.4, -0.2) is 88.6 Å². The Morgan fingerprint density at radius 1 is 0.790 bits per heavy atom. The minimum atomic E-state index is -1.13. The number of fused-ring (bicyclic) bond motifs is 1. The van der Waals surface area contributed by atoms with E-state index in [0.717, 1.165) is 16.7 Å². The lowest BCUT2D eigenvalue weighted by Gasteiger charge is -2.37. The Bertz CT molecular complexity index is 2540. The molecule has 0 radical (unpaired) electrons. The molecule has 1 aliphatic rings. The molecular formula is C48H47N7O7. The van der Waals surface area contributed by atoms with E-state index in [9.17, 15) is 9.90 Å². The van der Waals surface area contributed by atoms with Gasteiger partial charge in [-0.15, -0.1) is 0 Å². The lowest BCUT2D eigenvalue weighted by Crippen LogP contribution is -2.38. The van der Waals surface area contributed by atoms with E-state index < -0.39 is 30.1 Å². The first-order chi connectivity index (χ1) is 30.2. The second-order valence-electron chi connectivity index (χ2n) is 14.8. The number of methoxy groups -OCH3 is 2. The topological polar surface area (TPSA) is 146 Å². The van der Waals surface area contributed by atoms with Crippen molar-refractivity contribution in [2.75, 3.05) is 39.8 Å². The Hall–Kier alpha value is -7.13. The summed E-state index contributed by atoms with van der Waals surface area (Å²) in [4.78, 5) is 36.0. The number of anilines is 2. The number of carbonyl (C=O) groups excluding carboxylic acids is 1. The molecular weight excluding hydrogens is 787 g/mol. The Morgan fingerprint density at radius 3 is 1.85 bits per heavy atom. The molecule has 0 unspecified atom stereocenters. The number of ether oxygens (including phenoxy) is 5. The Kier molecular flexibility index (Phi) is 12.2. The first-order valence-corrected chi connectivity index (χ1v) is 20.1. The molecule has 5 aromatic carbocycles. The molecule has 1 fully saturated rings. The Labute approximate surface area is 359 Å². The van der Waals surface area contributed by atoms with Crippen LogP contribution in [0.25, 0.3) is 11.2 Å². The molecule has 1 aliphatic heterocycles. The van der Waals surface area contributed by atoms with Crippen molar-refractivity contribution in [1.82, 2.24) is 24.4 Å². The zero-order chi connectivity index (χ0) is 43.2. The van der Waals surface area contributed by atoms with E-state index in [1.165, 1.54) is 4.90 Å². The van der Waals surface area contributed by atoms with E-state index in [1.54, 1.807) is 25.1 Å². The van der Waals surface area contributed by atoms with Gasteiger partial charge < -0.3 is 33.7 Å². The van der Waals surface area contributed by atoms with Gasteiger partial charge in [0.1, 0.15) is 35.3 Å². The summed E-state index contributed by atoms with van der Waals surface area (Å²) in [5.74, 6) is 2.23. The number of aliphatic hydroxyl groups excluding tert-OH is 1. The van der Waals surface area contributed by atoms with Gasteiger partial charge >= 0.3 is 12.1 Å². The van der Waals surface area contributed by atoms with E-state index in [1.807, 2.05) is 165 Å². The van der Waals surface area contributed by atoms with Gasteiger partial charge in [-0.1, -0.05) is 91.0 Å². The summed E-state index contributed by atoms with van der Waals surface area (Å²) in [5, 5.41) is 11.7. The summed E-state index contributed by atoms with van der Waals surface area (Å²) < 4.78 is 32.4. The second-order valence-corrected chi connectivity index (χ2v) is 14.8. The number of hydrogen-bond acceptors (Lipinski definition) is 11. The van der Waals surface area contributed by atoms with Crippen LogP contribution >= 0.6 is 0 Å². The van der Waals surface area contributed by atoms with Crippen molar-refractivity contribution in [1.29, 1.82) is 0 Å². The van der Waals surface area contributed by atoms with Crippen LogP contribution in [0.15, 0.2) is 151 Å². The molecule has 14 heteroatoms. The van der Waals surface area contributed by atoms with Gasteiger partial charge in [-0.3, -0.25) is 4.57 Å². The van der Waals surface area contributed by atoms with Crippen molar-refractivity contribution in [3.63, 3.8) is 0 Å². The first-order valence-electron chi connectivity index (χ1n) is 20.1. The first kappa shape index (κ1) is 41.6. The van der Waals surface area contributed by atoms with E-state index in [2.05, 4.69) is 9.97 Å². The van der Waals surface area contributed by atoms with Crippen molar-refractivity contribution in [2.24, 2.45) is 4.99 Å². The molecule has 7 aromatic rings. The maximum atomic E-state index is 14.1. The number of rotatable bonds is 13. The third-order valence-electron chi connectivity index (χ3n) is 10.8. The Morgan fingerprint density at radius 2 is 1.32 bits per heavy atom. The van der Waals surface area contributed by atoms with Gasteiger partial charge in [-0.25, -0.2) is 19.7 Å². The number of amidine groups is 1. The predicted molar refractivity (Wildman–Crippen MR) is 236 cm³/mol. The third kappa shape index (κ3) is 8.43. The van der Waals surface area contributed by atoms with Crippen LogP contribution < -0.4 is 19.1 Å². The number of nitrogens with zero attached hydrogens (tertiary/aromatic N) is 7. The number of aromatic nitrogens is 4. The van der Waals surface area contributed by atoms with Crippen LogP contribution in [0, 0.1) is 0 Å². The van der Waals surface area contributed by atoms with Crippen molar-refractivity contribution in [3.8, 4) is 17.5 Å². The summed E-state index contributed by atoms with van der Waals surface area (Å²) in [5.41, 5.74) is 3.27. The highest BCUT2D eigenvalue weighted by molar-refractivity contribution is 5.97. The summed E-state index contributed by atoms with van der Waals surface area (Å²) >= 11 is 0. The van der Waals surface area contributed by atoms with E-state index >= 15 is 0 Å². The third-order valence-corrected chi connectivity index (χ3v) is 10.8. The Balaban J connectivity index is 1.13. The number of imidazole rings is 1. The summed E-state index contributed by atoms with van der Waals surface area (Å²) in [7, 11) is 6.98. The van der Waals surface area contributed by atoms with Gasteiger partial charge in [0.05, 0.1) is 44.6 Å². The van der Waals surface area contributed by atoms with Gasteiger partial charge in [0.25, 0.3) is 0 Å². The number of amides is 1. The number of para-hydroxylation sites is 2. The highest BCUT2D eigenvalue weighted by atomic mass is 16.6. The molecule has 316 valence electrons. The van der Waals surface area contributed by atoms with Gasteiger partial charge in [0.2, 0.25) is 0 Å². The van der Waals surface area contributed by atoms with Crippen molar-refractivity contribution in [2.45, 2.75) is 37.4 Å². The van der Waals surface area contributed by atoms with Crippen molar-refractivity contribution in [3.05, 3.63) is 163 Å². The number of benzene rings is 5. The zero-order valence-electron chi connectivity index (χ0n) is 35.0. The van der Waals surface area contributed by atoms with E-state index in [-0.39, 0.29) is 24.9 Å². The van der Waals surface area contributed by atoms with Crippen molar-refractivity contribution < 1.29 is 33.6 Å². The fraction of sp³-hybridized carbons (Fsp3) is 0.229.